The Labute approximate surface area is 330 Å². The van der Waals surface area contributed by atoms with Gasteiger partial charge in [0, 0.05) is 55.0 Å². The van der Waals surface area contributed by atoms with E-state index < -0.39 is 0 Å². The maximum Gasteiger partial charge on any atom is 0.134 e. The first kappa shape index (κ1) is 36.0. The maximum atomic E-state index is 12.2. The largest absolute Gasteiger partial charge is 0.507 e. The lowest BCUT2D eigenvalue weighted by molar-refractivity contribution is 0.394. The van der Waals surface area contributed by atoms with Gasteiger partial charge in [-0.05, 0) is 100 Å². The molecule has 8 aromatic rings. The predicted octanol–water partition coefficient (Wildman–Crippen LogP) is 12.0. The van der Waals surface area contributed by atoms with Crippen LogP contribution in [0.15, 0.2) is 91.0 Å². The zero-order chi connectivity index (χ0) is 40.0. The lowest BCUT2D eigenvalue weighted by Gasteiger charge is -2.20. The number of nitrogens with one attached hydrogen (secondary N) is 1. The summed E-state index contributed by atoms with van der Waals surface area (Å²) < 4.78 is 11.4. The number of nitrogens with zero attached hydrogens (tertiary/aromatic N) is 3. The van der Waals surface area contributed by atoms with Gasteiger partial charge >= 0.3 is 0 Å². The fourth-order valence-electron chi connectivity index (χ4n) is 7.74. The number of aromatic nitrogens is 4. The lowest BCUT2D eigenvalue weighted by Crippen LogP contribution is -2.10. The van der Waals surface area contributed by atoms with Crippen molar-refractivity contribution >= 4 is 77.6 Å². The number of phenolic OH excluding ortho intramolecular Hbond substituents is 2. The van der Waals surface area contributed by atoms with Crippen LogP contribution in [0, 0.1) is 0 Å². The van der Waals surface area contributed by atoms with Crippen molar-refractivity contribution in [3.63, 3.8) is 0 Å². The molecule has 0 radical (unpaired) electrons. The third-order valence-corrected chi connectivity index (χ3v) is 11.1. The van der Waals surface area contributed by atoms with Crippen LogP contribution >= 0.6 is 0 Å². The number of fused-ring (bicyclic) bond motifs is 14. The average molecular weight is 753 g/mol. The molecular weight excluding hydrogens is 709 g/mol. The number of benzene rings is 4. The van der Waals surface area contributed by atoms with E-state index in [0.29, 0.717) is 66.5 Å². The fraction of sp³-hybridized carbons (Fsp3) is 0.204. The minimum absolute atomic E-state index is 0.0914. The van der Waals surface area contributed by atoms with Gasteiger partial charge in [0.25, 0.3) is 0 Å². The molecule has 8 nitrogen and oxygen atoms in total. The minimum atomic E-state index is -0.251. The Morgan fingerprint density at radius 3 is 1.53 bits per heavy atom. The molecule has 4 aromatic carbocycles. The van der Waals surface area contributed by atoms with Gasteiger partial charge in [0.05, 0.1) is 47.7 Å². The number of hydrogen-bond acceptors (Lipinski definition) is 7. The van der Waals surface area contributed by atoms with E-state index in [2.05, 4.69) is 52.6 Å². The van der Waals surface area contributed by atoms with E-state index in [-0.39, 0.29) is 22.3 Å². The molecule has 0 unspecified atom stereocenters. The summed E-state index contributed by atoms with van der Waals surface area (Å²) in [4.78, 5) is 19.3. The third kappa shape index (κ3) is 6.12. The molecule has 5 heterocycles. The van der Waals surface area contributed by atoms with E-state index in [1.165, 1.54) is 0 Å². The molecule has 3 N–H and O–H groups in total. The first-order valence-corrected chi connectivity index (χ1v) is 19.1. The Morgan fingerprint density at radius 1 is 0.509 bits per heavy atom. The second kappa shape index (κ2) is 12.9. The zero-order valence-corrected chi connectivity index (χ0v) is 33.4. The van der Waals surface area contributed by atoms with Gasteiger partial charge in [-0.1, -0.05) is 65.8 Å². The van der Waals surface area contributed by atoms with Crippen molar-refractivity contribution in [2.45, 2.75) is 52.4 Å². The summed E-state index contributed by atoms with van der Waals surface area (Å²) in [5, 5.41) is 28.8. The van der Waals surface area contributed by atoms with Crippen LogP contribution in [0.4, 0.5) is 0 Å². The second-order valence-corrected chi connectivity index (χ2v) is 16.9. The minimum Gasteiger partial charge on any atom is -0.507 e. The number of hydrogen-bond donors (Lipinski definition) is 3. The van der Waals surface area contributed by atoms with Gasteiger partial charge in [0.15, 0.2) is 0 Å². The molecule has 0 saturated carbocycles. The van der Waals surface area contributed by atoms with E-state index in [0.717, 1.165) is 44.1 Å². The third-order valence-electron chi connectivity index (χ3n) is 11.1. The summed E-state index contributed by atoms with van der Waals surface area (Å²) in [5.41, 5.74) is 8.61. The van der Waals surface area contributed by atoms with E-state index in [1.807, 2.05) is 97.1 Å². The lowest BCUT2D eigenvalue weighted by atomic mass is 9.85. The number of aromatic hydroxyl groups is 2. The zero-order valence-electron chi connectivity index (χ0n) is 33.4. The molecule has 0 saturated heterocycles. The number of H-pyrrole nitrogens is 1. The molecule has 8 heteroatoms. The van der Waals surface area contributed by atoms with Crippen LogP contribution in [-0.4, -0.2) is 44.4 Å². The van der Waals surface area contributed by atoms with Gasteiger partial charge in [0.1, 0.15) is 23.0 Å². The molecule has 0 spiro atoms. The molecule has 9 rings (SSSR count). The van der Waals surface area contributed by atoms with E-state index in [4.69, 9.17) is 24.4 Å². The molecule has 57 heavy (non-hydrogen) atoms. The van der Waals surface area contributed by atoms with Crippen molar-refractivity contribution in [3.8, 4) is 34.1 Å². The Bertz CT molecular complexity index is 3130. The van der Waals surface area contributed by atoms with Gasteiger partial charge in [0.2, 0.25) is 0 Å². The average Bonchev–Trinajstić information content (AvgIpc) is 3.87. The number of rotatable bonds is 3. The van der Waals surface area contributed by atoms with Crippen LogP contribution in [0.5, 0.6) is 23.0 Å². The molecule has 12 bridgehead atoms. The normalized spacial score (nSPS) is 12.6. The number of ether oxygens (including phenoxy) is 2. The Balaban J connectivity index is 1.55. The maximum absolute atomic E-state index is 12.2. The van der Waals surface area contributed by atoms with Crippen LogP contribution in [0.2, 0.25) is 0 Å². The monoisotopic (exact) mass is 752 g/mol. The quantitative estimate of drug-likeness (QED) is 0.154. The van der Waals surface area contributed by atoms with Crippen molar-refractivity contribution in [1.29, 1.82) is 0 Å². The highest BCUT2D eigenvalue weighted by molar-refractivity contribution is 6.08. The van der Waals surface area contributed by atoms with Gasteiger partial charge in [-0.15, -0.1) is 0 Å². The first-order chi connectivity index (χ1) is 27.2. The molecule has 4 aromatic heterocycles. The molecule has 1 aliphatic heterocycles. The number of aromatic amines is 1. The summed E-state index contributed by atoms with van der Waals surface area (Å²) in [6.45, 7) is 13.0. The Morgan fingerprint density at radius 2 is 0.982 bits per heavy atom. The summed E-state index contributed by atoms with van der Waals surface area (Å²) in [6, 6.07) is 29.9. The van der Waals surface area contributed by atoms with Crippen molar-refractivity contribution in [1.82, 2.24) is 19.9 Å². The van der Waals surface area contributed by atoms with Crippen molar-refractivity contribution < 1.29 is 19.7 Å². The molecular formula is C49H44N4O4. The molecule has 1 aliphatic rings. The van der Waals surface area contributed by atoms with Crippen molar-refractivity contribution in [2.24, 2.45) is 0 Å². The van der Waals surface area contributed by atoms with Crippen LogP contribution in [0.25, 0.3) is 88.7 Å². The van der Waals surface area contributed by atoms with Gasteiger partial charge in [-0.25, -0.2) is 15.0 Å². The molecule has 0 amide bonds. The number of phenols is 2. The Hall–Kier alpha value is -6.67. The summed E-state index contributed by atoms with van der Waals surface area (Å²) in [6.07, 6.45) is 3.91. The van der Waals surface area contributed by atoms with E-state index >= 15 is 0 Å². The predicted molar refractivity (Wildman–Crippen MR) is 234 cm³/mol. The van der Waals surface area contributed by atoms with E-state index in [1.54, 1.807) is 14.2 Å². The summed E-state index contributed by atoms with van der Waals surface area (Å²) in [7, 11) is 3.26. The molecule has 0 fully saturated rings. The Kier molecular flexibility index (Phi) is 8.18. The van der Waals surface area contributed by atoms with E-state index in [9.17, 15) is 10.2 Å². The van der Waals surface area contributed by atoms with Gasteiger partial charge in [-0.2, -0.15) is 0 Å². The highest BCUT2D eigenvalue weighted by Gasteiger charge is 2.22. The standard InChI is InChI=1S/C49H44N4O4/c1-48(2,3)29-21-33-37-15-17-41(50-37)43(28-19-31(56-7)25-32(20-28)57-8)42-18-16-38(51-42)34-22-30(49(4,5)6)24-36(47(34)55)40-14-12-27-10-9-26-11-13-39(35(23-29)46(33)54)52-44(26)45(27)53-40/h9-25,50,54-55H,1-8H3. The molecule has 0 atom stereocenters. The van der Waals surface area contributed by atoms with Crippen LogP contribution < -0.4 is 9.47 Å². The van der Waals surface area contributed by atoms with Gasteiger partial charge in [-0.3, -0.25) is 0 Å². The topological polar surface area (TPSA) is 113 Å². The second-order valence-electron chi connectivity index (χ2n) is 16.9. The first-order valence-electron chi connectivity index (χ1n) is 19.1. The smallest absolute Gasteiger partial charge is 0.134 e. The number of methoxy groups -OCH3 is 2. The highest BCUT2D eigenvalue weighted by Crippen LogP contribution is 2.41. The van der Waals surface area contributed by atoms with Crippen molar-refractivity contribution in [3.05, 3.63) is 114 Å². The summed E-state index contributed by atoms with van der Waals surface area (Å²) >= 11 is 0. The van der Waals surface area contributed by atoms with Crippen LogP contribution in [-0.2, 0) is 10.8 Å². The fourth-order valence-corrected chi connectivity index (χ4v) is 7.74. The van der Waals surface area contributed by atoms with Crippen molar-refractivity contribution in [2.75, 3.05) is 14.2 Å². The SMILES string of the molecule is COc1cc(OC)cc(-c2c3nc(c4cc(C(C)(C)C)cc(c4O)c4ccc5ccc6ccc(nc6c5n4)c4cc(C(C)(C)C)cc(c4O)c4ccc2[nH]4)C=C3)c1. The van der Waals surface area contributed by atoms with Crippen LogP contribution in [0.1, 0.15) is 64.1 Å². The highest BCUT2D eigenvalue weighted by atomic mass is 16.5. The van der Waals surface area contributed by atoms with Gasteiger partial charge < -0.3 is 24.7 Å². The molecule has 0 aliphatic carbocycles. The molecule has 284 valence electrons. The van der Waals surface area contributed by atoms with Crippen LogP contribution in [0.3, 0.4) is 0 Å². The summed E-state index contributed by atoms with van der Waals surface area (Å²) in [5.74, 6) is 1.46. The number of pyridine rings is 2.